The van der Waals surface area contributed by atoms with Crippen LogP contribution in [0.2, 0.25) is 5.02 Å². The van der Waals surface area contributed by atoms with Crippen molar-refractivity contribution >= 4 is 23.2 Å². The zero-order valence-electron chi connectivity index (χ0n) is 12.2. The Kier molecular flexibility index (Phi) is 5.36. The molecule has 21 heavy (non-hydrogen) atoms. The summed E-state index contributed by atoms with van der Waals surface area (Å²) in [4.78, 5) is 11.9. The van der Waals surface area contributed by atoms with Crippen molar-refractivity contribution in [3.8, 4) is 0 Å². The van der Waals surface area contributed by atoms with Crippen molar-refractivity contribution in [3.63, 3.8) is 0 Å². The molecule has 1 aromatic carbocycles. The lowest BCUT2D eigenvalue weighted by atomic mass is 10.2. The Labute approximate surface area is 129 Å². The molecule has 1 amide bonds. The number of benzene rings is 1. The normalized spacial score (nSPS) is 10.6. The van der Waals surface area contributed by atoms with E-state index in [4.69, 9.17) is 11.6 Å². The number of hydrogen-bond donors (Lipinski definition) is 3. The lowest BCUT2D eigenvalue weighted by Crippen LogP contribution is -2.21. The molecular weight excluding hydrogens is 288 g/mol. The molecule has 0 spiro atoms. The maximum Gasteiger partial charge on any atom is 0.225 e. The van der Waals surface area contributed by atoms with E-state index in [0.717, 1.165) is 22.5 Å². The molecule has 0 bridgehead atoms. The van der Waals surface area contributed by atoms with Crippen molar-refractivity contribution in [2.75, 3.05) is 11.9 Å². The molecule has 0 saturated carbocycles. The number of amides is 1. The lowest BCUT2D eigenvalue weighted by molar-refractivity contribution is -0.116. The molecule has 0 aliphatic carbocycles. The largest absolute Gasteiger partial charge is 0.326 e. The Hall–Kier alpha value is -1.85. The number of anilines is 1. The van der Waals surface area contributed by atoms with Crippen LogP contribution in [-0.2, 0) is 11.3 Å². The molecular formula is C15H19ClN4O. The van der Waals surface area contributed by atoms with Crippen LogP contribution in [0.3, 0.4) is 0 Å². The van der Waals surface area contributed by atoms with Crippen molar-refractivity contribution in [1.29, 1.82) is 0 Å². The second-order valence-electron chi connectivity index (χ2n) is 4.91. The second-order valence-corrected chi connectivity index (χ2v) is 5.31. The fourth-order valence-corrected chi connectivity index (χ4v) is 2.11. The summed E-state index contributed by atoms with van der Waals surface area (Å²) in [6.45, 7) is 5.17. The number of aromatic amines is 1. The zero-order chi connectivity index (χ0) is 15.2. The molecule has 0 radical (unpaired) electrons. The third kappa shape index (κ3) is 4.31. The van der Waals surface area contributed by atoms with E-state index in [9.17, 15) is 4.79 Å². The summed E-state index contributed by atoms with van der Waals surface area (Å²) in [7, 11) is 0. The minimum absolute atomic E-state index is 0.0308. The van der Waals surface area contributed by atoms with Gasteiger partial charge in [-0.1, -0.05) is 17.7 Å². The van der Waals surface area contributed by atoms with Crippen molar-refractivity contribution in [1.82, 2.24) is 15.5 Å². The number of H-pyrrole nitrogens is 1. The van der Waals surface area contributed by atoms with Crippen LogP contribution in [0.4, 0.5) is 5.69 Å². The third-order valence-corrected chi connectivity index (χ3v) is 3.73. The second kappa shape index (κ2) is 7.24. The van der Waals surface area contributed by atoms with Crippen LogP contribution in [0, 0.1) is 13.8 Å². The Bertz CT molecular complexity index is 624. The predicted molar refractivity (Wildman–Crippen MR) is 84.5 cm³/mol. The van der Waals surface area contributed by atoms with Gasteiger partial charge in [0.15, 0.2) is 0 Å². The number of nitrogens with zero attached hydrogens (tertiary/aromatic N) is 1. The molecule has 2 aromatic rings. The number of carbonyl (C=O) groups is 1. The molecule has 3 N–H and O–H groups in total. The van der Waals surface area contributed by atoms with Gasteiger partial charge in [0.25, 0.3) is 0 Å². The first kappa shape index (κ1) is 15.5. The summed E-state index contributed by atoms with van der Waals surface area (Å²) in [5.74, 6) is -0.0308. The first-order valence-electron chi connectivity index (χ1n) is 6.82. The minimum atomic E-state index is -0.0308. The van der Waals surface area contributed by atoms with Gasteiger partial charge in [-0.15, -0.1) is 0 Å². The van der Waals surface area contributed by atoms with Crippen molar-refractivity contribution in [3.05, 3.63) is 46.2 Å². The standard InChI is InChI=1S/C15H19ClN4O/c1-10-13(16)4-3-5-14(10)19-15(21)6-7-17-8-12-9-18-20-11(12)2/h3-5,9,17H,6-8H2,1-2H3,(H,18,20)(H,19,21). The van der Waals surface area contributed by atoms with Gasteiger partial charge in [0.1, 0.15) is 0 Å². The fraction of sp³-hybridized carbons (Fsp3) is 0.333. The van der Waals surface area contributed by atoms with Crippen LogP contribution in [0.1, 0.15) is 23.2 Å². The smallest absolute Gasteiger partial charge is 0.225 e. The summed E-state index contributed by atoms with van der Waals surface area (Å²) >= 11 is 6.02. The van der Waals surface area contributed by atoms with Crippen LogP contribution in [0.25, 0.3) is 0 Å². The van der Waals surface area contributed by atoms with E-state index in [2.05, 4.69) is 20.8 Å². The number of nitrogens with one attached hydrogen (secondary N) is 3. The maximum atomic E-state index is 11.9. The first-order valence-corrected chi connectivity index (χ1v) is 7.20. The quantitative estimate of drug-likeness (QED) is 0.719. The molecule has 2 rings (SSSR count). The number of carbonyl (C=O) groups excluding carboxylic acids is 1. The molecule has 0 atom stereocenters. The van der Waals surface area contributed by atoms with Crippen LogP contribution in [0.15, 0.2) is 24.4 Å². The predicted octanol–water partition coefficient (Wildman–Crippen LogP) is 2.80. The summed E-state index contributed by atoms with van der Waals surface area (Å²) in [5, 5.41) is 13.6. The van der Waals surface area contributed by atoms with Gasteiger partial charge in [0, 0.05) is 41.5 Å². The monoisotopic (exact) mass is 306 g/mol. The number of hydrogen-bond acceptors (Lipinski definition) is 3. The Balaban J connectivity index is 1.75. The zero-order valence-corrected chi connectivity index (χ0v) is 12.9. The van der Waals surface area contributed by atoms with Gasteiger partial charge in [-0.25, -0.2) is 0 Å². The average molecular weight is 307 g/mol. The number of aromatic nitrogens is 2. The molecule has 1 aromatic heterocycles. The third-order valence-electron chi connectivity index (χ3n) is 3.32. The molecule has 0 aliphatic heterocycles. The van der Waals surface area contributed by atoms with Gasteiger partial charge < -0.3 is 10.6 Å². The Morgan fingerprint density at radius 3 is 2.90 bits per heavy atom. The maximum absolute atomic E-state index is 11.9. The summed E-state index contributed by atoms with van der Waals surface area (Å²) in [5.41, 5.74) is 3.80. The molecule has 1 heterocycles. The van der Waals surface area contributed by atoms with Crippen LogP contribution in [0.5, 0.6) is 0 Å². The van der Waals surface area contributed by atoms with Gasteiger partial charge >= 0.3 is 0 Å². The van der Waals surface area contributed by atoms with E-state index in [1.54, 1.807) is 12.3 Å². The van der Waals surface area contributed by atoms with Gasteiger partial charge in [-0.3, -0.25) is 9.89 Å². The van der Waals surface area contributed by atoms with Crippen LogP contribution < -0.4 is 10.6 Å². The number of halogens is 1. The highest BCUT2D eigenvalue weighted by molar-refractivity contribution is 6.31. The SMILES string of the molecule is Cc1[nH]ncc1CNCCC(=O)Nc1cccc(Cl)c1C. The van der Waals surface area contributed by atoms with Gasteiger partial charge in [0.05, 0.1) is 6.20 Å². The Morgan fingerprint density at radius 1 is 1.38 bits per heavy atom. The summed E-state index contributed by atoms with van der Waals surface area (Å²) in [6, 6.07) is 5.48. The highest BCUT2D eigenvalue weighted by Gasteiger charge is 2.06. The van der Waals surface area contributed by atoms with Crippen molar-refractivity contribution in [2.45, 2.75) is 26.8 Å². The molecule has 0 unspecified atom stereocenters. The van der Waals surface area contributed by atoms with Gasteiger partial charge in [-0.05, 0) is 31.5 Å². The molecule has 5 nitrogen and oxygen atoms in total. The lowest BCUT2D eigenvalue weighted by Gasteiger charge is -2.09. The van der Waals surface area contributed by atoms with E-state index in [1.165, 1.54) is 0 Å². The van der Waals surface area contributed by atoms with Gasteiger partial charge in [0.2, 0.25) is 5.91 Å². The van der Waals surface area contributed by atoms with Gasteiger partial charge in [-0.2, -0.15) is 5.10 Å². The highest BCUT2D eigenvalue weighted by atomic mass is 35.5. The molecule has 6 heteroatoms. The van der Waals surface area contributed by atoms with Crippen LogP contribution in [-0.4, -0.2) is 22.6 Å². The topological polar surface area (TPSA) is 69.8 Å². The molecule has 0 fully saturated rings. The van der Waals surface area contributed by atoms with E-state index >= 15 is 0 Å². The summed E-state index contributed by atoms with van der Waals surface area (Å²) < 4.78 is 0. The van der Waals surface area contributed by atoms with Crippen LogP contribution >= 0.6 is 11.6 Å². The van der Waals surface area contributed by atoms with E-state index in [0.29, 0.717) is 24.5 Å². The number of rotatable bonds is 6. The van der Waals surface area contributed by atoms with E-state index in [-0.39, 0.29) is 5.91 Å². The molecule has 0 saturated heterocycles. The molecule has 0 aliphatic rings. The van der Waals surface area contributed by atoms with Crippen molar-refractivity contribution < 1.29 is 4.79 Å². The fourth-order valence-electron chi connectivity index (χ4n) is 1.93. The molecule has 112 valence electrons. The van der Waals surface area contributed by atoms with Crippen molar-refractivity contribution in [2.24, 2.45) is 0 Å². The highest BCUT2D eigenvalue weighted by Crippen LogP contribution is 2.22. The summed E-state index contributed by atoms with van der Waals surface area (Å²) in [6.07, 6.45) is 2.20. The van der Waals surface area contributed by atoms with E-state index in [1.807, 2.05) is 26.0 Å². The average Bonchev–Trinajstić information content (AvgIpc) is 2.86. The number of aryl methyl sites for hydroxylation is 1. The van der Waals surface area contributed by atoms with E-state index < -0.39 is 0 Å². The first-order chi connectivity index (χ1) is 10.1. The minimum Gasteiger partial charge on any atom is -0.326 e. The Morgan fingerprint density at radius 2 is 2.19 bits per heavy atom.